The first-order valence-corrected chi connectivity index (χ1v) is 8.52. The molecule has 4 rings (SSSR count). The Morgan fingerprint density at radius 2 is 1.72 bits per heavy atom. The van der Waals surface area contributed by atoms with Crippen LogP contribution in [0.1, 0.15) is 21.5 Å². The van der Waals surface area contributed by atoms with E-state index in [9.17, 15) is 26.7 Å². The molecule has 0 fully saturated rings. The zero-order valence-electron chi connectivity index (χ0n) is 14.7. The molecule has 0 spiro atoms. The average Bonchev–Trinajstić information content (AvgIpc) is 2.95. The highest BCUT2D eigenvalue weighted by atomic mass is 19.4. The van der Waals surface area contributed by atoms with Crippen LogP contribution in [0.4, 0.5) is 22.0 Å². The van der Waals surface area contributed by atoms with Crippen molar-refractivity contribution in [2.45, 2.75) is 12.7 Å². The second kappa shape index (κ2) is 6.58. The summed E-state index contributed by atoms with van der Waals surface area (Å²) < 4.78 is 68.3. The Morgan fingerprint density at radius 3 is 2.41 bits per heavy atom. The van der Waals surface area contributed by atoms with Crippen molar-refractivity contribution in [3.63, 3.8) is 0 Å². The van der Waals surface area contributed by atoms with Gasteiger partial charge in [-0.2, -0.15) is 13.2 Å². The number of primary amides is 1. The van der Waals surface area contributed by atoms with E-state index in [1.165, 1.54) is 30.3 Å². The fourth-order valence-electron chi connectivity index (χ4n) is 3.57. The van der Waals surface area contributed by atoms with Gasteiger partial charge in [-0.3, -0.25) is 4.79 Å². The summed E-state index contributed by atoms with van der Waals surface area (Å²) in [6.45, 7) is -0.0444. The lowest BCUT2D eigenvalue weighted by Crippen LogP contribution is -2.11. The SMILES string of the molecule is NC(=O)c1cccc2c1c1cc(F)ccc1n2Cc1ccc(F)c(C(F)(F)F)c1. The number of alkyl halides is 3. The van der Waals surface area contributed by atoms with E-state index in [1.54, 1.807) is 16.7 Å². The molecule has 0 radical (unpaired) electrons. The van der Waals surface area contributed by atoms with E-state index in [0.29, 0.717) is 21.8 Å². The molecule has 0 aliphatic rings. The maximum absolute atomic E-state index is 13.9. The molecule has 4 aromatic rings. The zero-order chi connectivity index (χ0) is 20.9. The van der Waals surface area contributed by atoms with Gasteiger partial charge in [0.15, 0.2) is 0 Å². The molecule has 0 saturated heterocycles. The van der Waals surface area contributed by atoms with Gasteiger partial charge < -0.3 is 10.3 Å². The van der Waals surface area contributed by atoms with Crippen LogP contribution in [0.25, 0.3) is 21.8 Å². The minimum atomic E-state index is -4.83. The molecule has 0 saturated carbocycles. The number of amides is 1. The number of hydrogen-bond donors (Lipinski definition) is 1. The van der Waals surface area contributed by atoms with E-state index in [4.69, 9.17) is 5.73 Å². The third-order valence-electron chi connectivity index (χ3n) is 4.79. The fourth-order valence-corrected chi connectivity index (χ4v) is 3.57. The summed E-state index contributed by atoms with van der Waals surface area (Å²) >= 11 is 0. The number of rotatable bonds is 3. The summed E-state index contributed by atoms with van der Waals surface area (Å²) in [6.07, 6.45) is -4.83. The normalized spacial score (nSPS) is 12.0. The highest BCUT2D eigenvalue weighted by Gasteiger charge is 2.34. The lowest BCUT2D eigenvalue weighted by Gasteiger charge is -2.12. The van der Waals surface area contributed by atoms with Gasteiger partial charge in [-0.15, -0.1) is 0 Å². The number of carbonyl (C=O) groups is 1. The Labute approximate surface area is 161 Å². The molecule has 0 unspecified atom stereocenters. The average molecular weight is 404 g/mol. The molecule has 1 aromatic heterocycles. The molecule has 2 N–H and O–H groups in total. The molecule has 0 bridgehead atoms. The number of aromatic nitrogens is 1. The smallest absolute Gasteiger partial charge is 0.366 e. The highest BCUT2D eigenvalue weighted by molar-refractivity contribution is 6.17. The highest BCUT2D eigenvalue weighted by Crippen LogP contribution is 2.35. The standard InChI is InChI=1S/C21H13F5N2O/c22-12-5-7-17-14(9-12)19-13(20(27)29)2-1-3-18(19)28(17)10-11-4-6-16(23)15(8-11)21(24,25)26/h1-9H,10H2,(H2,27,29). The van der Waals surface area contributed by atoms with Gasteiger partial charge >= 0.3 is 6.18 Å². The monoisotopic (exact) mass is 404 g/mol. The van der Waals surface area contributed by atoms with Gasteiger partial charge in [0.25, 0.3) is 0 Å². The molecule has 8 heteroatoms. The van der Waals surface area contributed by atoms with Crippen LogP contribution in [0.15, 0.2) is 54.6 Å². The van der Waals surface area contributed by atoms with E-state index < -0.39 is 29.3 Å². The molecule has 0 atom stereocenters. The Bertz CT molecular complexity index is 1270. The summed E-state index contributed by atoms with van der Waals surface area (Å²) in [5, 5.41) is 0.820. The number of hydrogen-bond acceptors (Lipinski definition) is 1. The third-order valence-corrected chi connectivity index (χ3v) is 4.79. The van der Waals surface area contributed by atoms with Crippen molar-refractivity contribution in [1.29, 1.82) is 0 Å². The number of benzene rings is 3. The van der Waals surface area contributed by atoms with E-state index in [2.05, 4.69) is 0 Å². The van der Waals surface area contributed by atoms with E-state index in [-0.39, 0.29) is 17.7 Å². The summed E-state index contributed by atoms with van der Waals surface area (Å²) in [4.78, 5) is 11.9. The van der Waals surface area contributed by atoms with Gasteiger partial charge in [0.1, 0.15) is 11.6 Å². The predicted octanol–water partition coefficient (Wildman–Crippen LogP) is 5.24. The summed E-state index contributed by atoms with van der Waals surface area (Å²) in [7, 11) is 0. The molecule has 1 heterocycles. The molecule has 0 aliphatic heterocycles. The Balaban J connectivity index is 1.97. The summed E-state index contributed by atoms with van der Waals surface area (Å²) in [6, 6.07) is 11.4. The number of nitrogens with zero attached hydrogens (tertiary/aromatic N) is 1. The predicted molar refractivity (Wildman–Crippen MR) is 98.4 cm³/mol. The van der Waals surface area contributed by atoms with Crippen LogP contribution in [-0.4, -0.2) is 10.5 Å². The molecule has 1 amide bonds. The van der Waals surface area contributed by atoms with Crippen molar-refractivity contribution >= 4 is 27.7 Å². The van der Waals surface area contributed by atoms with Gasteiger partial charge in [-0.25, -0.2) is 8.78 Å². The molecule has 3 aromatic carbocycles. The zero-order valence-corrected chi connectivity index (χ0v) is 14.7. The first kappa shape index (κ1) is 18.9. The van der Waals surface area contributed by atoms with Crippen molar-refractivity contribution in [2.75, 3.05) is 0 Å². The second-order valence-corrected chi connectivity index (χ2v) is 6.62. The molecule has 3 nitrogen and oxygen atoms in total. The van der Waals surface area contributed by atoms with E-state index >= 15 is 0 Å². The maximum Gasteiger partial charge on any atom is 0.419 e. The quantitative estimate of drug-likeness (QED) is 0.467. The minimum Gasteiger partial charge on any atom is -0.366 e. The van der Waals surface area contributed by atoms with Crippen LogP contribution >= 0.6 is 0 Å². The van der Waals surface area contributed by atoms with Gasteiger partial charge in [0, 0.05) is 28.4 Å². The first-order valence-electron chi connectivity index (χ1n) is 8.52. The number of carbonyl (C=O) groups excluding carboxylic acids is 1. The topological polar surface area (TPSA) is 48.0 Å². The number of halogens is 5. The van der Waals surface area contributed by atoms with Gasteiger partial charge in [-0.1, -0.05) is 12.1 Å². The van der Waals surface area contributed by atoms with Gasteiger partial charge in [-0.05, 0) is 48.0 Å². The molecule has 0 aliphatic carbocycles. The van der Waals surface area contributed by atoms with Crippen LogP contribution in [0.5, 0.6) is 0 Å². The van der Waals surface area contributed by atoms with Crippen molar-refractivity contribution in [3.05, 3.63) is 82.9 Å². The van der Waals surface area contributed by atoms with Crippen molar-refractivity contribution in [1.82, 2.24) is 4.57 Å². The Kier molecular flexibility index (Phi) is 4.29. The molecule has 29 heavy (non-hydrogen) atoms. The molecular formula is C21H13F5N2O. The van der Waals surface area contributed by atoms with Crippen molar-refractivity contribution < 1.29 is 26.7 Å². The van der Waals surface area contributed by atoms with Crippen LogP contribution in [-0.2, 0) is 12.7 Å². The minimum absolute atomic E-state index is 0.0444. The molecule has 148 valence electrons. The second-order valence-electron chi connectivity index (χ2n) is 6.62. The van der Waals surface area contributed by atoms with Crippen LogP contribution in [0.2, 0.25) is 0 Å². The maximum atomic E-state index is 13.9. The van der Waals surface area contributed by atoms with E-state index in [0.717, 1.165) is 12.1 Å². The summed E-state index contributed by atoms with van der Waals surface area (Å²) in [5.41, 5.74) is 5.47. The number of nitrogens with two attached hydrogens (primary N) is 1. The van der Waals surface area contributed by atoms with Gasteiger partial charge in [0.2, 0.25) is 5.91 Å². The lowest BCUT2D eigenvalue weighted by molar-refractivity contribution is -0.140. The third kappa shape index (κ3) is 3.20. The largest absolute Gasteiger partial charge is 0.419 e. The Hall–Kier alpha value is -3.42. The number of fused-ring (bicyclic) bond motifs is 3. The Morgan fingerprint density at radius 1 is 0.966 bits per heavy atom. The van der Waals surface area contributed by atoms with E-state index in [1.807, 2.05) is 0 Å². The van der Waals surface area contributed by atoms with Crippen LogP contribution < -0.4 is 5.73 Å². The fraction of sp³-hybridized carbons (Fsp3) is 0.0952. The van der Waals surface area contributed by atoms with Crippen molar-refractivity contribution in [2.24, 2.45) is 5.73 Å². The molecular weight excluding hydrogens is 391 g/mol. The summed E-state index contributed by atoms with van der Waals surface area (Å²) in [5.74, 6) is -2.60. The first-order chi connectivity index (χ1) is 13.7. The van der Waals surface area contributed by atoms with Crippen molar-refractivity contribution in [3.8, 4) is 0 Å². The van der Waals surface area contributed by atoms with Gasteiger partial charge in [0.05, 0.1) is 11.1 Å². The van der Waals surface area contributed by atoms with Crippen LogP contribution in [0.3, 0.4) is 0 Å². The van der Waals surface area contributed by atoms with Crippen LogP contribution in [0, 0.1) is 11.6 Å². The lowest BCUT2D eigenvalue weighted by atomic mass is 10.1.